The summed E-state index contributed by atoms with van der Waals surface area (Å²) in [7, 11) is 0. The fraction of sp³-hybridized carbons (Fsp3) is 0.278. The van der Waals surface area contributed by atoms with Gasteiger partial charge in [-0.05, 0) is 55.5 Å². The van der Waals surface area contributed by atoms with Crippen LogP contribution in [0.25, 0.3) is 0 Å². The SMILES string of the molecule is O=C(Nc1cc(F)cc(F)c1)NC1(Cc2cccc(F)c2)CCC1. The molecule has 0 bridgehead atoms. The van der Waals surface area contributed by atoms with Crippen molar-refractivity contribution < 1.29 is 18.0 Å². The number of rotatable bonds is 4. The maximum Gasteiger partial charge on any atom is 0.319 e. The second kappa shape index (κ2) is 6.55. The molecule has 24 heavy (non-hydrogen) atoms. The summed E-state index contributed by atoms with van der Waals surface area (Å²) in [4.78, 5) is 12.2. The summed E-state index contributed by atoms with van der Waals surface area (Å²) in [6.45, 7) is 0. The van der Waals surface area contributed by atoms with Crippen molar-refractivity contribution in [2.45, 2.75) is 31.2 Å². The molecule has 0 radical (unpaired) electrons. The van der Waals surface area contributed by atoms with E-state index in [2.05, 4.69) is 10.6 Å². The highest BCUT2D eigenvalue weighted by Crippen LogP contribution is 2.35. The van der Waals surface area contributed by atoms with Crippen molar-refractivity contribution in [1.82, 2.24) is 5.32 Å². The molecule has 3 nitrogen and oxygen atoms in total. The lowest BCUT2D eigenvalue weighted by Gasteiger charge is -2.42. The van der Waals surface area contributed by atoms with Crippen LogP contribution in [0.3, 0.4) is 0 Å². The van der Waals surface area contributed by atoms with E-state index < -0.39 is 23.2 Å². The number of carbonyl (C=O) groups excluding carboxylic acids is 1. The van der Waals surface area contributed by atoms with Gasteiger partial charge in [0.15, 0.2) is 0 Å². The van der Waals surface area contributed by atoms with Crippen LogP contribution in [0.2, 0.25) is 0 Å². The molecule has 1 saturated carbocycles. The van der Waals surface area contributed by atoms with E-state index >= 15 is 0 Å². The largest absolute Gasteiger partial charge is 0.332 e. The van der Waals surface area contributed by atoms with Gasteiger partial charge in [-0.1, -0.05) is 12.1 Å². The average molecular weight is 334 g/mol. The van der Waals surface area contributed by atoms with Gasteiger partial charge < -0.3 is 10.6 Å². The molecule has 0 unspecified atom stereocenters. The van der Waals surface area contributed by atoms with Crippen molar-refractivity contribution in [3.8, 4) is 0 Å². The second-order valence-corrected chi connectivity index (χ2v) is 6.18. The van der Waals surface area contributed by atoms with Gasteiger partial charge >= 0.3 is 6.03 Å². The first-order valence-electron chi connectivity index (χ1n) is 7.74. The highest BCUT2D eigenvalue weighted by molar-refractivity contribution is 5.89. The molecule has 6 heteroatoms. The highest BCUT2D eigenvalue weighted by atomic mass is 19.1. The molecule has 1 aliphatic carbocycles. The van der Waals surface area contributed by atoms with Crippen LogP contribution in [0.15, 0.2) is 42.5 Å². The van der Waals surface area contributed by atoms with E-state index in [4.69, 9.17) is 0 Å². The molecule has 3 rings (SSSR count). The zero-order chi connectivity index (χ0) is 17.2. The van der Waals surface area contributed by atoms with E-state index in [1.807, 2.05) is 6.07 Å². The lowest BCUT2D eigenvalue weighted by molar-refractivity contribution is 0.183. The first kappa shape index (κ1) is 16.4. The van der Waals surface area contributed by atoms with Crippen LogP contribution < -0.4 is 10.6 Å². The summed E-state index contributed by atoms with van der Waals surface area (Å²) in [5.74, 6) is -1.84. The van der Waals surface area contributed by atoms with E-state index in [9.17, 15) is 18.0 Å². The zero-order valence-electron chi connectivity index (χ0n) is 12.9. The molecule has 2 aromatic carbocycles. The number of urea groups is 1. The fourth-order valence-corrected chi connectivity index (χ4v) is 3.02. The number of benzene rings is 2. The Labute approximate surface area is 137 Å². The third-order valence-electron chi connectivity index (χ3n) is 4.24. The van der Waals surface area contributed by atoms with Gasteiger partial charge in [0, 0.05) is 17.3 Å². The number of amides is 2. The Morgan fingerprint density at radius 2 is 1.71 bits per heavy atom. The first-order valence-corrected chi connectivity index (χ1v) is 7.74. The molecule has 0 aliphatic heterocycles. The number of hydrogen-bond acceptors (Lipinski definition) is 1. The van der Waals surface area contributed by atoms with Crippen LogP contribution in [0.1, 0.15) is 24.8 Å². The summed E-state index contributed by atoms with van der Waals surface area (Å²) in [6, 6.07) is 8.55. The first-order chi connectivity index (χ1) is 11.4. The van der Waals surface area contributed by atoms with Crippen molar-refractivity contribution in [2.75, 3.05) is 5.32 Å². The van der Waals surface area contributed by atoms with E-state index in [-0.39, 0.29) is 11.5 Å². The van der Waals surface area contributed by atoms with Gasteiger partial charge in [0.2, 0.25) is 0 Å². The van der Waals surface area contributed by atoms with Gasteiger partial charge in [-0.3, -0.25) is 0 Å². The number of nitrogens with one attached hydrogen (secondary N) is 2. The van der Waals surface area contributed by atoms with Gasteiger partial charge in [-0.15, -0.1) is 0 Å². The third kappa shape index (κ3) is 3.88. The number of carbonyl (C=O) groups is 1. The number of hydrogen-bond donors (Lipinski definition) is 2. The Hall–Kier alpha value is -2.50. The minimum atomic E-state index is -0.761. The monoisotopic (exact) mass is 334 g/mol. The number of anilines is 1. The molecule has 2 amide bonds. The van der Waals surface area contributed by atoms with Crippen molar-refractivity contribution in [3.63, 3.8) is 0 Å². The molecular formula is C18H17F3N2O. The van der Waals surface area contributed by atoms with Crippen molar-refractivity contribution in [1.29, 1.82) is 0 Å². The Balaban J connectivity index is 1.67. The third-order valence-corrected chi connectivity index (χ3v) is 4.24. The van der Waals surface area contributed by atoms with Crippen molar-refractivity contribution in [2.24, 2.45) is 0 Å². The van der Waals surface area contributed by atoms with Gasteiger partial charge in [-0.25, -0.2) is 18.0 Å². The Morgan fingerprint density at radius 1 is 1.00 bits per heavy atom. The lowest BCUT2D eigenvalue weighted by atomic mass is 9.73. The quantitative estimate of drug-likeness (QED) is 0.855. The average Bonchev–Trinajstić information content (AvgIpc) is 2.43. The second-order valence-electron chi connectivity index (χ2n) is 6.18. The molecule has 1 fully saturated rings. The topological polar surface area (TPSA) is 41.1 Å². The van der Waals surface area contributed by atoms with Gasteiger partial charge in [0.05, 0.1) is 0 Å². The zero-order valence-corrected chi connectivity index (χ0v) is 12.9. The molecule has 0 atom stereocenters. The van der Waals surface area contributed by atoms with E-state index in [0.29, 0.717) is 6.42 Å². The summed E-state index contributed by atoms with van der Waals surface area (Å²) in [6.07, 6.45) is 3.02. The van der Waals surface area contributed by atoms with E-state index in [0.717, 1.165) is 43.0 Å². The van der Waals surface area contributed by atoms with Crippen LogP contribution in [-0.2, 0) is 6.42 Å². The smallest absolute Gasteiger partial charge is 0.319 e. The summed E-state index contributed by atoms with van der Waals surface area (Å²) in [5.41, 5.74) is 0.390. The summed E-state index contributed by atoms with van der Waals surface area (Å²) in [5, 5.41) is 5.31. The fourth-order valence-electron chi connectivity index (χ4n) is 3.02. The Kier molecular flexibility index (Phi) is 4.46. The van der Waals surface area contributed by atoms with Crippen LogP contribution in [0, 0.1) is 17.5 Å². The molecule has 0 aromatic heterocycles. The molecular weight excluding hydrogens is 317 g/mol. The molecule has 2 N–H and O–H groups in total. The molecule has 2 aromatic rings. The molecule has 1 aliphatic rings. The van der Waals surface area contributed by atoms with Crippen LogP contribution in [0.5, 0.6) is 0 Å². The minimum Gasteiger partial charge on any atom is -0.332 e. The van der Waals surface area contributed by atoms with Gasteiger partial charge in [0.25, 0.3) is 0 Å². The summed E-state index contributed by atoms with van der Waals surface area (Å²) < 4.78 is 39.7. The molecule has 0 spiro atoms. The van der Waals surface area contributed by atoms with E-state index in [1.54, 1.807) is 6.07 Å². The number of halogens is 3. The predicted molar refractivity (Wildman–Crippen MR) is 85.2 cm³/mol. The standard InChI is InChI=1S/C18H17F3N2O/c19-13-4-1-3-12(7-13)11-18(5-2-6-18)23-17(24)22-16-9-14(20)8-15(21)10-16/h1,3-4,7-10H,2,5-6,11H2,(H2,22,23,24). The molecule has 0 saturated heterocycles. The van der Waals surface area contributed by atoms with Crippen LogP contribution >= 0.6 is 0 Å². The molecule has 126 valence electrons. The summed E-state index contributed by atoms with van der Waals surface area (Å²) >= 11 is 0. The predicted octanol–water partition coefficient (Wildman–Crippen LogP) is 4.39. The maximum absolute atomic E-state index is 13.3. The Bertz CT molecular complexity index is 739. The van der Waals surface area contributed by atoms with Crippen molar-refractivity contribution in [3.05, 3.63) is 65.5 Å². The van der Waals surface area contributed by atoms with E-state index in [1.165, 1.54) is 12.1 Å². The molecule has 0 heterocycles. The normalized spacial score (nSPS) is 15.5. The van der Waals surface area contributed by atoms with Crippen LogP contribution in [-0.4, -0.2) is 11.6 Å². The van der Waals surface area contributed by atoms with Gasteiger partial charge in [0.1, 0.15) is 17.5 Å². The minimum absolute atomic E-state index is 0.0465. The highest BCUT2D eigenvalue weighted by Gasteiger charge is 2.38. The lowest BCUT2D eigenvalue weighted by Crippen LogP contribution is -2.56. The van der Waals surface area contributed by atoms with Crippen molar-refractivity contribution >= 4 is 11.7 Å². The van der Waals surface area contributed by atoms with Gasteiger partial charge in [-0.2, -0.15) is 0 Å². The van der Waals surface area contributed by atoms with Crippen LogP contribution in [0.4, 0.5) is 23.7 Å². The maximum atomic E-state index is 13.3. The Morgan fingerprint density at radius 3 is 2.29 bits per heavy atom.